The van der Waals surface area contributed by atoms with E-state index in [0.717, 1.165) is 6.42 Å². The van der Waals surface area contributed by atoms with E-state index in [1.54, 1.807) is 21.7 Å². The van der Waals surface area contributed by atoms with Gasteiger partial charge in [-0.05, 0) is 183 Å². The lowest BCUT2D eigenvalue weighted by Crippen LogP contribution is -2.57. The van der Waals surface area contributed by atoms with Crippen LogP contribution in [0.5, 0.6) is 0 Å². The largest absolute Gasteiger partial charge is 0.334 e. The van der Waals surface area contributed by atoms with Gasteiger partial charge in [0.2, 0.25) is 0 Å². The fraction of sp³-hybridized carbons (Fsp3) is 0.522. The van der Waals surface area contributed by atoms with Gasteiger partial charge in [-0.15, -0.1) is 0 Å². The Bertz CT molecular complexity index is 3310. The number of anilines is 4. The Morgan fingerprint density at radius 3 is 2.07 bits per heavy atom. The monoisotopic (exact) mass is 972 g/mol. The van der Waals surface area contributed by atoms with Crippen molar-refractivity contribution in [1.82, 2.24) is 4.57 Å². The molecule has 8 aliphatic rings. The molecule has 0 radical (unpaired) electrons. The number of hydrogen-bond donors (Lipinski definition) is 0. The first-order valence-corrected chi connectivity index (χ1v) is 29.2. The van der Waals surface area contributed by atoms with Gasteiger partial charge in [0.15, 0.2) is 0 Å². The minimum Gasteiger partial charge on any atom is -0.334 e. The van der Waals surface area contributed by atoms with Gasteiger partial charge in [0, 0.05) is 67.0 Å². The molecule has 0 saturated heterocycles. The van der Waals surface area contributed by atoms with Crippen molar-refractivity contribution in [2.75, 3.05) is 9.80 Å². The normalized spacial score (nSPS) is 26.5. The van der Waals surface area contributed by atoms with Crippen LogP contribution in [-0.4, -0.2) is 16.8 Å². The van der Waals surface area contributed by atoms with Gasteiger partial charge in [-0.2, -0.15) is 0 Å². The molecule has 1 fully saturated rings. The quantitative estimate of drug-likeness (QED) is 0.163. The van der Waals surface area contributed by atoms with Crippen LogP contribution in [0.1, 0.15) is 213 Å². The molecule has 0 N–H and O–H groups in total. The van der Waals surface area contributed by atoms with Crippen molar-refractivity contribution in [3.63, 3.8) is 0 Å². The molecular formula is C67H82BN3S. The maximum absolute atomic E-state index is 2.90. The highest BCUT2D eigenvalue weighted by Crippen LogP contribution is 2.64. The van der Waals surface area contributed by atoms with Crippen molar-refractivity contribution in [2.24, 2.45) is 11.3 Å². The molecule has 0 amide bonds. The average molecular weight is 972 g/mol. The minimum atomic E-state index is -0.0922. The summed E-state index contributed by atoms with van der Waals surface area (Å²) >= 11 is 2.11. The molecule has 4 aromatic carbocycles. The van der Waals surface area contributed by atoms with E-state index in [2.05, 4.69) is 210 Å². The number of aryl methyl sites for hydroxylation is 1. The van der Waals surface area contributed by atoms with E-state index in [1.807, 2.05) is 0 Å². The van der Waals surface area contributed by atoms with Crippen molar-refractivity contribution >= 4 is 63.1 Å². The van der Waals surface area contributed by atoms with Crippen molar-refractivity contribution in [3.8, 4) is 5.69 Å². The molecular weight excluding hydrogens is 890 g/mol. The minimum absolute atomic E-state index is 0.00149. The molecule has 0 bridgehead atoms. The first kappa shape index (κ1) is 47.4. The molecule has 72 heavy (non-hydrogen) atoms. The molecule has 4 atom stereocenters. The summed E-state index contributed by atoms with van der Waals surface area (Å²) in [6.45, 7) is 39.7. The number of thioether (sulfide) groups is 1. The Balaban J connectivity index is 1.19. The maximum Gasteiger partial charge on any atom is 0.251 e. The highest BCUT2D eigenvalue weighted by Gasteiger charge is 2.59. The van der Waals surface area contributed by atoms with E-state index in [1.165, 1.54) is 146 Å². The average Bonchev–Trinajstić information content (AvgIpc) is 3.91. The van der Waals surface area contributed by atoms with E-state index in [-0.39, 0.29) is 44.7 Å². The predicted molar refractivity (Wildman–Crippen MR) is 311 cm³/mol. The fourth-order valence-corrected chi connectivity index (χ4v) is 17.1. The number of benzene rings is 4. The van der Waals surface area contributed by atoms with Crippen LogP contribution in [0.2, 0.25) is 0 Å². The van der Waals surface area contributed by atoms with Crippen LogP contribution in [0.4, 0.5) is 22.7 Å². The Kier molecular flexibility index (Phi) is 9.83. The summed E-state index contributed by atoms with van der Waals surface area (Å²) in [7, 11) is 0. The van der Waals surface area contributed by atoms with Gasteiger partial charge in [-0.3, -0.25) is 0 Å². The molecule has 5 heteroatoms. The highest BCUT2D eigenvalue weighted by atomic mass is 32.2. The second-order valence-electron chi connectivity index (χ2n) is 29.1. The molecule has 4 aliphatic carbocycles. The number of hydrogen-bond acceptors (Lipinski definition) is 3. The number of fused-ring (bicyclic) bond motifs is 13. The lowest BCUT2D eigenvalue weighted by molar-refractivity contribution is 0.195. The lowest BCUT2D eigenvalue weighted by atomic mass is 9.32. The van der Waals surface area contributed by atoms with Gasteiger partial charge in [0.05, 0.1) is 5.54 Å². The second-order valence-corrected chi connectivity index (χ2v) is 30.2. The molecule has 1 aromatic heterocycles. The van der Waals surface area contributed by atoms with Gasteiger partial charge in [-0.25, -0.2) is 0 Å². The second kappa shape index (κ2) is 14.9. The smallest absolute Gasteiger partial charge is 0.251 e. The van der Waals surface area contributed by atoms with Gasteiger partial charge in [0.25, 0.3) is 6.71 Å². The molecule has 3 nitrogen and oxygen atoms in total. The molecule has 13 rings (SSSR count). The van der Waals surface area contributed by atoms with Crippen molar-refractivity contribution < 1.29 is 0 Å². The van der Waals surface area contributed by atoms with Gasteiger partial charge >= 0.3 is 0 Å². The van der Waals surface area contributed by atoms with Crippen LogP contribution in [0.3, 0.4) is 0 Å². The van der Waals surface area contributed by atoms with E-state index in [0.29, 0.717) is 11.8 Å². The SMILES string of the molecule is Cc1cc2c(cc1N1C3=CC(C(C)(C)C)CC=C3B3c4c1cc(N1c5ccc(C(C)(C)C)cc5C5(C)CCCCC15C)cc4-n1c4c(c5cc(C(C)(C)C)cc3c51)SC1=CCCCC14)C(C)(C)CCC2(C)C. The van der Waals surface area contributed by atoms with E-state index in [9.17, 15) is 0 Å². The number of rotatable bonds is 2. The Labute approximate surface area is 438 Å². The van der Waals surface area contributed by atoms with Crippen LogP contribution >= 0.6 is 11.8 Å². The first-order valence-electron chi connectivity index (χ1n) is 28.4. The van der Waals surface area contributed by atoms with Crippen LogP contribution < -0.4 is 20.7 Å². The Morgan fingerprint density at radius 1 is 0.667 bits per heavy atom. The molecule has 374 valence electrons. The zero-order chi connectivity index (χ0) is 50.8. The summed E-state index contributed by atoms with van der Waals surface area (Å²) in [5, 5.41) is 1.48. The summed E-state index contributed by atoms with van der Waals surface area (Å²) in [4.78, 5) is 8.86. The van der Waals surface area contributed by atoms with Gasteiger partial charge < -0.3 is 14.4 Å². The van der Waals surface area contributed by atoms with Crippen molar-refractivity contribution in [3.05, 3.63) is 128 Å². The third-order valence-corrected chi connectivity index (χ3v) is 22.0. The molecule has 0 spiro atoms. The maximum atomic E-state index is 2.90. The van der Waals surface area contributed by atoms with Gasteiger partial charge in [0.1, 0.15) is 0 Å². The Morgan fingerprint density at radius 2 is 1.36 bits per heavy atom. The van der Waals surface area contributed by atoms with Crippen molar-refractivity contribution in [1.29, 1.82) is 0 Å². The predicted octanol–water partition coefficient (Wildman–Crippen LogP) is 17.4. The van der Waals surface area contributed by atoms with Crippen LogP contribution in [-0.2, 0) is 27.1 Å². The summed E-state index contributed by atoms with van der Waals surface area (Å²) in [5.41, 5.74) is 25.1. The standard InChI is InChI=1S/C67H82BN3S/c1-39-31-46-47(65(13,14)30-29-64(46,11)12)38-52(39)69-53-35-41(62(5,6)7)23-25-49(53)68-50-34-42(63(8,9)10)32-45-58(50)70(59-44-21-17-18-22-56(44)72-60(45)59)55-37-43(36-54(69)57(55)68)71-51-26-24-40(61(2,3)4)33-48(51)66(15)27-19-20-28-67(66,71)16/h22,24-26,31-38,41,44H,17-21,23,27-30H2,1-16H3. The summed E-state index contributed by atoms with van der Waals surface area (Å²) in [6.07, 6.45) is 20.1. The molecule has 5 aromatic rings. The Hall–Kier alpha value is -4.35. The van der Waals surface area contributed by atoms with E-state index in [4.69, 9.17) is 0 Å². The number of allylic oxidation sites excluding steroid dienone is 5. The molecule has 1 saturated carbocycles. The summed E-state index contributed by atoms with van der Waals surface area (Å²) in [5.74, 6) is 0.839. The van der Waals surface area contributed by atoms with Crippen LogP contribution in [0.25, 0.3) is 16.6 Å². The third-order valence-electron chi connectivity index (χ3n) is 20.6. The van der Waals surface area contributed by atoms with Crippen molar-refractivity contribution in [2.45, 2.75) is 218 Å². The topological polar surface area (TPSA) is 11.4 Å². The zero-order valence-corrected chi connectivity index (χ0v) is 47.8. The lowest BCUT2D eigenvalue weighted by Gasteiger charge is -2.51. The summed E-state index contributed by atoms with van der Waals surface area (Å²) < 4.78 is 2.89. The molecule has 4 unspecified atom stereocenters. The van der Waals surface area contributed by atoms with Gasteiger partial charge in [-0.1, -0.05) is 164 Å². The number of nitrogens with zero attached hydrogens (tertiary/aromatic N) is 3. The first-order chi connectivity index (χ1) is 33.7. The zero-order valence-electron chi connectivity index (χ0n) is 47.0. The van der Waals surface area contributed by atoms with E-state index < -0.39 is 0 Å². The molecule has 5 heterocycles. The van der Waals surface area contributed by atoms with E-state index >= 15 is 0 Å². The van der Waals surface area contributed by atoms with Crippen LogP contribution in [0.15, 0.2) is 93.8 Å². The highest BCUT2D eigenvalue weighted by molar-refractivity contribution is 8.03. The summed E-state index contributed by atoms with van der Waals surface area (Å²) in [6, 6.07) is 23.7. The molecule has 4 aliphatic heterocycles. The van der Waals surface area contributed by atoms with Crippen LogP contribution in [0, 0.1) is 18.3 Å². The third kappa shape index (κ3) is 6.36. The number of aromatic nitrogens is 1. The fourth-order valence-electron chi connectivity index (χ4n) is 15.7.